The van der Waals surface area contributed by atoms with Crippen LogP contribution in [-0.2, 0) is 6.42 Å². The molecule has 0 radical (unpaired) electrons. The Morgan fingerprint density at radius 1 is 0.825 bits per heavy atom. The van der Waals surface area contributed by atoms with Gasteiger partial charge in [0.05, 0.1) is 5.70 Å². The number of benzene rings is 4. The van der Waals surface area contributed by atoms with Gasteiger partial charge in [0.25, 0.3) is 0 Å². The minimum Gasteiger partial charge on any atom is -0.383 e. The first kappa shape index (κ1) is 24.2. The normalized spacial score (nSPS) is 18.0. The average Bonchev–Trinajstić information content (AvgIpc) is 3.66. The number of thioether (sulfide) groups is 1. The molecule has 3 heterocycles. The van der Waals surface area contributed by atoms with E-state index in [1.54, 1.807) is 0 Å². The number of nitrogens with zero attached hydrogens (tertiary/aromatic N) is 1. The van der Waals surface area contributed by atoms with Gasteiger partial charge in [-0.05, 0) is 65.8 Å². The van der Waals surface area contributed by atoms with Gasteiger partial charge in [0.15, 0.2) is 0 Å². The van der Waals surface area contributed by atoms with Crippen LogP contribution in [0.15, 0.2) is 106 Å². The molecule has 6 aromatic rings. The summed E-state index contributed by atoms with van der Waals surface area (Å²) in [5, 5.41) is 4.03. The van der Waals surface area contributed by atoms with Gasteiger partial charge in [-0.1, -0.05) is 79.4 Å². The number of amidine groups is 1. The molecule has 0 fully saturated rings. The van der Waals surface area contributed by atoms with Crippen molar-refractivity contribution in [2.45, 2.75) is 30.6 Å². The number of hydrogen-bond acceptors (Lipinski definition) is 4. The van der Waals surface area contributed by atoms with Crippen LogP contribution in [0.5, 0.6) is 0 Å². The van der Waals surface area contributed by atoms with Crippen LogP contribution >= 0.6 is 34.4 Å². The zero-order valence-corrected chi connectivity index (χ0v) is 24.4. The van der Waals surface area contributed by atoms with Gasteiger partial charge in [0.1, 0.15) is 5.84 Å². The molecule has 194 valence electrons. The Morgan fingerprint density at radius 2 is 1.62 bits per heavy atom. The second-order valence-electron chi connectivity index (χ2n) is 10.5. The van der Waals surface area contributed by atoms with E-state index in [0.717, 1.165) is 29.7 Å². The number of hydrogen-bond donors (Lipinski definition) is 1. The Bertz CT molecular complexity index is 2060. The minimum absolute atomic E-state index is 0.230. The fourth-order valence-electron chi connectivity index (χ4n) is 6.03. The molecule has 2 N–H and O–H groups in total. The second-order valence-corrected chi connectivity index (χ2v) is 13.7. The number of fused-ring (bicyclic) bond motifs is 8. The molecule has 0 saturated carbocycles. The maximum Gasteiger partial charge on any atom is 0.131 e. The van der Waals surface area contributed by atoms with Gasteiger partial charge in [-0.3, -0.25) is 0 Å². The molecular weight excluding hydrogens is 545 g/mol. The predicted molar refractivity (Wildman–Crippen MR) is 177 cm³/mol. The quantitative estimate of drug-likeness (QED) is 0.170. The van der Waals surface area contributed by atoms with Crippen molar-refractivity contribution in [1.29, 1.82) is 0 Å². The highest BCUT2D eigenvalue weighted by Gasteiger charge is 2.31. The average molecular weight is 571 g/mol. The number of allylic oxidation sites excluding steroid dienone is 2. The molecule has 0 saturated heterocycles. The standard InChI is InChI=1S/C35H26N2S3/c1-20-23-16-18-30-31(25-12-6-8-14-28(25)39-30)34(23)40-33(20)32(21-9-3-2-4-10-21)37-35(36)22-15-17-29-26(19-22)24-11-5-7-13-27(24)38-29/h2-4,6-10,12-20H,5,11H2,1H3,(H2,36,37)/b33-32+. The van der Waals surface area contributed by atoms with Crippen LogP contribution in [0.4, 0.5) is 0 Å². The van der Waals surface area contributed by atoms with Crippen LogP contribution in [0.1, 0.15) is 46.4 Å². The molecule has 0 bridgehead atoms. The van der Waals surface area contributed by atoms with Crippen molar-refractivity contribution in [1.82, 2.24) is 0 Å². The Kier molecular flexibility index (Phi) is 5.73. The Labute approximate surface area is 245 Å². The summed E-state index contributed by atoms with van der Waals surface area (Å²) in [6.45, 7) is 2.31. The summed E-state index contributed by atoms with van der Waals surface area (Å²) in [4.78, 5) is 9.20. The molecule has 5 heteroatoms. The lowest BCUT2D eigenvalue weighted by Gasteiger charge is -2.13. The SMILES string of the molecule is CC1/C(=C(\N=C(N)c2ccc3sc4c(c3c2)CCC=C4)c2ccccc2)Sc2c1ccc1sc3ccccc3c21. The van der Waals surface area contributed by atoms with Crippen LogP contribution in [0.2, 0.25) is 0 Å². The molecular formula is C35H26N2S3. The first-order valence-corrected chi connectivity index (χ1v) is 16.1. The smallest absolute Gasteiger partial charge is 0.131 e. The lowest BCUT2D eigenvalue weighted by atomic mass is 9.96. The summed E-state index contributed by atoms with van der Waals surface area (Å²) >= 11 is 5.61. The van der Waals surface area contributed by atoms with E-state index in [0.29, 0.717) is 5.84 Å². The third kappa shape index (κ3) is 3.80. The molecule has 2 nitrogen and oxygen atoms in total. The summed E-state index contributed by atoms with van der Waals surface area (Å²) in [7, 11) is 0. The van der Waals surface area contributed by atoms with E-state index in [1.165, 1.54) is 56.1 Å². The van der Waals surface area contributed by atoms with Gasteiger partial charge in [-0.25, -0.2) is 4.99 Å². The molecule has 40 heavy (non-hydrogen) atoms. The maximum atomic E-state index is 6.83. The Hall–Kier alpha value is -3.64. The van der Waals surface area contributed by atoms with Crippen molar-refractivity contribution in [2.24, 2.45) is 10.7 Å². The molecule has 1 aliphatic heterocycles. The van der Waals surface area contributed by atoms with Crippen LogP contribution < -0.4 is 5.73 Å². The molecule has 1 atom stereocenters. The fourth-order valence-corrected chi connectivity index (χ4v) is 9.84. The summed E-state index contributed by atoms with van der Waals surface area (Å²) in [5.74, 6) is 0.794. The van der Waals surface area contributed by atoms with Gasteiger partial charge in [-0.15, -0.1) is 22.7 Å². The predicted octanol–water partition coefficient (Wildman–Crippen LogP) is 10.2. The summed E-state index contributed by atoms with van der Waals surface area (Å²) in [5.41, 5.74) is 12.7. The fraction of sp³-hybridized carbons (Fsp3) is 0.114. The number of rotatable bonds is 3. The van der Waals surface area contributed by atoms with Gasteiger partial charge in [-0.2, -0.15) is 0 Å². The second kappa shape index (κ2) is 9.48. The van der Waals surface area contributed by atoms with Crippen LogP contribution in [-0.4, -0.2) is 5.84 Å². The summed E-state index contributed by atoms with van der Waals surface area (Å²) < 4.78 is 3.99. The van der Waals surface area contributed by atoms with E-state index in [4.69, 9.17) is 10.7 Å². The van der Waals surface area contributed by atoms with Gasteiger partial charge >= 0.3 is 0 Å². The number of nitrogens with two attached hydrogens (primary N) is 1. The number of thiophene rings is 2. The minimum atomic E-state index is 0.230. The molecule has 0 spiro atoms. The van der Waals surface area contributed by atoms with Crippen molar-refractivity contribution in [3.05, 3.63) is 123 Å². The monoisotopic (exact) mass is 570 g/mol. The molecule has 0 amide bonds. The van der Waals surface area contributed by atoms with E-state index < -0.39 is 0 Å². The molecule has 2 aliphatic rings. The summed E-state index contributed by atoms with van der Waals surface area (Å²) in [6, 6.07) is 30.5. The number of aryl methyl sites for hydroxylation is 1. The van der Waals surface area contributed by atoms with Gasteiger partial charge in [0, 0.05) is 56.6 Å². The highest BCUT2D eigenvalue weighted by Crippen LogP contribution is 2.56. The van der Waals surface area contributed by atoms with Crippen LogP contribution in [0.25, 0.3) is 42.0 Å². The lowest BCUT2D eigenvalue weighted by molar-refractivity contribution is 0.948. The van der Waals surface area contributed by atoms with Crippen LogP contribution in [0.3, 0.4) is 0 Å². The third-order valence-electron chi connectivity index (χ3n) is 8.06. The van der Waals surface area contributed by atoms with Gasteiger partial charge < -0.3 is 5.73 Å². The third-order valence-corrected chi connectivity index (χ3v) is 11.8. The van der Waals surface area contributed by atoms with Crippen molar-refractivity contribution < 1.29 is 0 Å². The largest absolute Gasteiger partial charge is 0.383 e. The van der Waals surface area contributed by atoms with E-state index in [2.05, 4.69) is 104 Å². The molecule has 4 aromatic carbocycles. The van der Waals surface area contributed by atoms with Crippen molar-refractivity contribution in [3.8, 4) is 0 Å². The molecule has 1 unspecified atom stereocenters. The van der Waals surface area contributed by atoms with Crippen molar-refractivity contribution in [2.75, 3.05) is 0 Å². The zero-order valence-electron chi connectivity index (χ0n) is 22.0. The Morgan fingerprint density at radius 3 is 2.52 bits per heavy atom. The van der Waals surface area contributed by atoms with E-state index in [-0.39, 0.29) is 5.92 Å². The first-order chi connectivity index (χ1) is 19.7. The number of aliphatic imine (C=N–C) groups is 1. The van der Waals surface area contributed by atoms with E-state index >= 15 is 0 Å². The topological polar surface area (TPSA) is 38.4 Å². The zero-order chi connectivity index (χ0) is 26.8. The van der Waals surface area contributed by atoms with E-state index in [9.17, 15) is 0 Å². The van der Waals surface area contributed by atoms with Gasteiger partial charge in [0.2, 0.25) is 0 Å². The maximum absolute atomic E-state index is 6.83. The van der Waals surface area contributed by atoms with Crippen molar-refractivity contribution >= 4 is 82.3 Å². The highest BCUT2D eigenvalue weighted by molar-refractivity contribution is 8.04. The van der Waals surface area contributed by atoms with E-state index in [1.807, 2.05) is 34.4 Å². The van der Waals surface area contributed by atoms with Crippen LogP contribution in [0, 0.1) is 0 Å². The molecule has 8 rings (SSSR count). The Balaban J connectivity index is 1.29. The lowest BCUT2D eigenvalue weighted by Crippen LogP contribution is -2.14. The highest BCUT2D eigenvalue weighted by atomic mass is 32.2. The molecule has 2 aromatic heterocycles. The summed E-state index contributed by atoms with van der Waals surface area (Å²) in [6.07, 6.45) is 6.73. The van der Waals surface area contributed by atoms with Crippen molar-refractivity contribution in [3.63, 3.8) is 0 Å². The first-order valence-electron chi connectivity index (χ1n) is 13.6. The molecule has 1 aliphatic carbocycles.